The summed E-state index contributed by atoms with van der Waals surface area (Å²) in [6.07, 6.45) is 4.65. The molecule has 1 atom stereocenters. The Labute approximate surface area is 154 Å². The van der Waals surface area contributed by atoms with Gasteiger partial charge in [0.1, 0.15) is 17.2 Å². The maximum absolute atomic E-state index is 5.77. The molecule has 5 heteroatoms. The molecule has 0 bridgehead atoms. The molecule has 0 aliphatic carbocycles. The highest BCUT2D eigenvalue weighted by Crippen LogP contribution is 2.30. The first-order valence-corrected chi connectivity index (χ1v) is 9.24. The zero-order chi connectivity index (χ0) is 18.1. The minimum atomic E-state index is 0.287. The van der Waals surface area contributed by atoms with Gasteiger partial charge in [0, 0.05) is 44.7 Å². The van der Waals surface area contributed by atoms with Gasteiger partial charge in [-0.25, -0.2) is 4.98 Å². The molecule has 0 spiro atoms. The number of aryl methyl sites for hydroxylation is 1. The molecule has 5 nitrogen and oxygen atoms in total. The highest BCUT2D eigenvalue weighted by Gasteiger charge is 2.19. The van der Waals surface area contributed by atoms with Crippen molar-refractivity contribution in [1.82, 2.24) is 9.38 Å². The van der Waals surface area contributed by atoms with Crippen LogP contribution in [0.1, 0.15) is 18.4 Å². The number of aromatic nitrogens is 2. The average molecular weight is 350 g/mol. The molecule has 1 aromatic carbocycles. The second-order valence-electron chi connectivity index (χ2n) is 7.20. The summed E-state index contributed by atoms with van der Waals surface area (Å²) in [5.41, 5.74) is 5.46. The Hall–Kier alpha value is -2.53. The maximum Gasteiger partial charge on any atom is 0.139 e. The number of anilines is 2. The van der Waals surface area contributed by atoms with E-state index in [1.807, 2.05) is 0 Å². The molecule has 0 saturated carbocycles. The van der Waals surface area contributed by atoms with E-state index in [2.05, 4.69) is 78.2 Å². The fraction of sp³-hybridized carbons (Fsp3) is 0.381. The van der Waals surface area contributed by atoms with Crippen molar-refractivity contribution in [3.05, 3.63) is 48.2 Å². The number of hydrogen-bond donors (Lipinski definition) is 1. The van der Waals surface area contributed by atoms with Crippen LogP contribution < -0.4 is 10.2 Å². The minimum Gasteiger partial charge on any atom is -0.378 e. The summed E-state index contributed by atoms with van der Waals surface area (Å²) in [6, 6.07) is 12.8. The highest BCUT2D eigenvalue weighted by atomic mass is 16.5. The Morgan fingerprint density at radius 2 is 2.04 bits per heavy atom. The summed E-state index contributed by atoms with van der Waals surface area (Å²) >= 11 is 0. The van der Waals surface area contributed by atoms with Crippen molar-refractivity contribution in [1.29, 1.82) is 0 Å². The third-order valence-electron chi connectivity index (χ3n) is 4.96. The SMILES string of the molecule is Cc1ccn2c(NC[C@@H]3CCCO3)c(-c3ccc(N(C)C)cc3)nc2c1. The highest BCUT2D eigenvalue weighted by molar-refractivity contribution is 5.77. The summed E-state index contributed by atoms with van der Waals surface area (Å²) in [4.78, 5) is 7.01. The normalized spacial score (nSPS) is 17.0. The van der Waals surface area contributed by atoms with Crippen LogP contribution in [0.4, 0.5) is 11.5 Å². The molecule has 1 aliphatic heterocycles. The van der Waals surface area contributed by atoms with E-state index in [1.54, 1.807) is 0 Å². The average Bonchev–Trinajstić information content (AvgIpc) is 3.27. The van der Waals surface area contributed by atoms with Crippen LogP contribution in [0.3, 0.4) is 0 Å². The molecule has 2 aromatic heterocycles. The molecule has 1 saturated heterocycles. The van der Waals surface area contributed by atoms with Gasteiger partial charge in [-0.1, -0.05) is 12.1 Å². The molecule has 26 heavy (non-hydrogen) atoms. The van der Waals surface area contributed by atoms with E-state index in [0.29, 0.717) is 0 Å². The predicted octanol–water partition coefficient (Wildman–Crippen LogP) is 3.97. The van der Waals surface area contributed by atoms with Gasteiger partial charge < -0.3 is 15.0 Å². The van der Waals surface area contributed by atoms with Gasteiger partial charge in [0.25, 0.3) is 0 Å². The van der Waals surface area contributed by atoms with Crippen molar-refractivity contribution in [3.63, 3.8) is 0 Å². The summed E-state index contributed by atoms with van der Waals surface area (Å²) in [6.45, 7) is 3.78. The Morgan fingerprint density at radius 1 is 1.23 bits per heavy atom. The monoisotopic (exact) mass is 350 g/mol. The molecule has 0 amide bonds. The number of rotatable bonds is 5. The fourth-order valence-electron chi connectivity index (χ4n) is 3.45. The summed E-state index contributed by atoms with van der Waals surface area (Å²) in [7, 11) is 4.11. The third kappa shape index (κ3) is 3.27. The zero-order valence-electron chi connectivity index (χ0n) is 15.7. The third-order valence-corrected chi connectivity index (χ3v) is 4.96. The molecule has 4 rings (SSSR count). The van der Waals surface area contributed by atoms with Gasteiger partial charge in [0.05, 0.1) is 6.10 Å². The van der Waals surface area contributed by atoms with Crippen molar-refractivity contribution >= 4 is 17.2 Å². The van der Waals surface area contributed by atoms with Gasteiger partial charge in [-0.2, -0.15) is 0 Å². The van der Waals surface area contributed by atoms with Gasteiger partial charge >= 0.3 is 0 Å². The smallest absolute Gasteiger partial charge is 0.139 e. The standard InChI is InChI=1S/C21H26N4O/c1-15-10-11-25-19(13-15)23-20(16-6-8-17(9-7-16)24(2)3)21(25)22-14-18-5-4-12-26-18/h6-11,13,18,22H,4-5,12,14H2,1-3H3/t18-/m0/s1. The maximum atomic E-state index is 5.77. The molecule has 3 aromatic rings. The molecule has 136 valence electrons. The Morgan fingerprint density at radius 3 is 2.73 bits per heavy atom. The molecule has 0 unspecified atom stereocenters. The minimum absolute atomic E-state index is 0.287. The lowest BCUT2D eigenvalue weighted by Crippen LogP contribution is -2.19. The van der Waals surface area contributed by atoms with Crippen molar-refractivity contribution in [2.24, 2.45) is 0 Å². The van der Waals surface area contributed by atoms with Crippen LogP contribution in [0.5, 0.6) is 0 Å². The predicted molar refractivity (Wildman–Crippen MR) is 107 cm³/mol. The zero-order valence-corrected chi connectivity index (χ0v) is 15.7. The topological polar surface area (TPSA) is 41.8 Å². The first-order valence-electron chi connectivity index (χ1n) is 9.24. The van der Waals surface area contributed by atoms with Crippen molar-refractivity contribution in [3.8, 4) is 11.3 Å². The van der Waals surface area contributed by atoms with Gasteiger partial charge in [0.15, 0.2) is 0 Å². The molecular weight excluding hydrogens is 324 g/mol. The van der Waals surface area contributed by atoms with Gasteiger partial charge in [-0.15, -0.1) is 0 Å². The van der Waals surface area contributed by atoms with E-state index in [9.17, 15) is 0 Å². The van der Waals surface area contributed by atoms with Crippen LogP contribution in [0, 0.1) is 6.92 Å². The molecule has 1 aliphatic rings. The lowest BCUT2D eigenvalue weighted by atomic mass is 10.1. The lowest BCUT2D eigenvalue weighted by molar-refractivity contribution is 0.120. The molecular formula is C21H26N4O. The van der Waals surface area contributed by atoms with Gasteiger partial charge in [0.2, 0.25) is 0 Å². The van der Waals surface area contributed by atoms with E-state index in [0.717, 1.165) is 48.7 Å². The molecule has 0 radical (unpaired) electrons. The first-order chi connectivity index (χ1) is 12.6. The van der Waals surface area contributed by atoms with E-state index in [-0.39, 0.29) is 6.10 Å². The number of hydrogen-bond acceptors (Lipinski definition) is 4. The Bertz CT molecular complexity index is 892. The number of nitrogens with zero attached hydrogens (tertiary/aromatic N) is 3. The number of imidazole rings is 1. The lowest BCUT2D eigenvalue weighted by Gasteiger charge is -2.14. The summed E-state index contributed by atoms with van der Waals surface area (Å²) in [5.74, 6) is 1.04. The molecule has 1 fully saturated rings. The van der Waals surface area contributed by atoms with E-state index in [1.165, 1.54) is 11.3 Å². The fourth-order valence-corrected chi connectivity index (χ4v) is 3.45. The van der Waals surface area contributed by atoms with Gasteiger partial charge in [-0.3, -0.25) is 4.40 Å². The van der Waals surface area contributed by atoms with E-state index >= 15 is 0 Å². The second kappa shape index (κ2) is 7.00. The van der Waals surface area contributed by atoms with Gasteiger partial charge in [-0.05, 0) is 49.6 Å². The van der Waals surface area contributed by atoms with Crippen LogP contribution in [-0.4, -0.2) is 42.7 Å². The Balaban J connectivity index is 1.72. The number of ether oxygens (including phenoxy) is 1. The number of pyridine rings is 1. The second-order valence-corrected chi connectivity index (χ2v) is 7.20. The number of benzene rings is 1. The molecule has 1 N–H and O–H groups in total. The number of nitrogens with one attached hydrogen (secondary N) is 1. The quantitative estimate of drug-likeness (QED) is 0.756. The Kier molecular flexibility index (Phi) is 4.55. The van der Waals surface area contributed by atoms with Crippen LogP contribution in [-0.2, 0) is 4.74 Å². The van der Waals surface area contributed by atoms with Crippen LogP contribution in [0.25, 0.3) is 16.9 Å². The largest absolute Gasteiger partial charge is 0.378 e. The van der Waals surface area contributed by atoms with Crippen molar-refractivity contribution in [2.45, 2.75) is 25.9 Å². The summed E-state index contributed by atoms with van der Waals surface area (Å²) in [5, 5.41) is 3.60. The van der Waals surface area contributed by atoms with Crippen molar-refractivity contribution in [2.75, 3.05) is 37.5 Å². The van der Waals surface area contributed by atoms with Crippen LogP contribution in [0.2, 0.25) is 0 Å². The van der Waals surface area contributed by atoms with Crippen LogP contribution >= 0.6 is 0 Å². The van der Waals surface area contributed by atoms with Crippen molar-refractivity contribution < 1.29 is 4.74 Å². The van der Waals surface area contributed by atoms with Crippen LogP contribution in [0.15, 0.2) is 42.6 Å². The van der Waals surface area contributed by atoms with E-state index < -0.39 is 0 Å². The van der Waals surface area contributed by atoms with E-state index in [4.69, 9.17) is 9.72 Å². The first kappa shape index (κ1) is 16.9. The number of fused-ring (bicyclic) bond motifs is 1. The molecule has 3 heterocycles. The summed E-state index contributed by atoms with van der Waals surface area (Å²) < 4.78 is 7.91.